The number of unbranched alkanes of at least 4 members (excludes halogenated alkanes) is 6. The summed E-state index contributed by atoms with van der Waals surface area (Å²) in [4.78, 5) is 2.76. The van der Waals surface area contributed by atoms with Crippen LogP contribution >= 0.6 is 0 Å². The van der Waals surface area contributed by atoms with E-state index in [1.807, 2.05) is 0 Å². The van der Waals surface area contributed by atoms with Gasteiger partial charge in [-0.15, -0.1) is 0 Å². The zero-order chi connectivity index (χ0) is 14.3. The lowest BCUT2D eigenvalue weighted by atomic mass is 10.0. The molecule has 1 atom stereocenters. The monoisotopic (exact) mass is 269 g/mol. The zero-order valence-corrected chi connectivity index (χ0v) is 14.2. The number of nitrogens with zero attached hydrogens (tertiary/aromatic N) is 1. The fraction of sp³-hybridized carbons (Fsp3) is 1.00. The Kier molecular flexibility index (Phi) is 14.3. The van der Waals surface area contributed by atoms with Gasteiger partial charge in [-0.25, -0.2) is 0 Å². The van der Waals surface area contributed by atoms with Crippen LogP contribution in [-0.2, 0) is 0 Å². The molecule has 1 heteroatoms. The first kappa shape index (κ1) is 19.0. The summed E-state index contributed by atoms with van der Waals surface area (Å²) in [6.07, 6.45) is 15.4. The second-order valence-electron chi connectivity index (χ2n) is 5.98. The summed E-state index contributed by atoms with van der Waals surface area (Å²) < 4.78 is 0. The molecule has 0 amide bonds. The molecule has 1 unspecified atom stereocenters. The van der Waals surface area contributed by atoms with Crippen molar-refractivity contribution in [3.8, 4) is 0 Å². The lowest BCUT2D eigenvalue weighted by molar-refractivity contribution is 0.178. The van der Waals surface area contributed by atoms with E-state index in [1.165, 1.54) is 83.7 Å². The van der Waals surface area contributed by atoms with Crippen LogP contribution in [0.4, 0.5) is 0 Å². The normalized spacial score (nSPS) is 13.1. The molecule has 0 aliphatic heterocycles. The summed E-state index contributed by atoms with van der Waals surface area (Å²) in [6.45, 7) is 11.8. The summed E-state index contributed by atoms with van der Waals surface area (Å²) in [5, 5.41) is 0. The first-order valence-electron chi connectivity index (χ1n) is 9.04. The molecule has 0 spiro atoms. The van der Waals surface area contributed by atoms with Crippen molar-refractivity contribution in [2.45, 2.75) is 104 Å². The highest BCUT2D eigenvalue weighted by molar-refractivity contribution is 4.71. The molecule has 0 radical (unpaired) electrons. The van der Waals surface area contributed by atoms with Gasteiger partial charge in [0.1, 0.15) is 0 Å². The molecule has 116 valence electrons. The van der Waals surface area contributed by atoms with E-state index in [2.05, 4.69) is 32.6 Å². The fourth-order valence-electron chi connectivity index (χ4n) is 2.99. The van der Waals surface area contributed by atoms with E-state index < -0.39 is 0 Å². The standard InChI is InChI=1S/C18H39N/c1-5-9-11-13-16-18(15-7-3)19(8-4)17-14-12-10-6-2/h18H,5-17H2,1-4H3. The molecular formula is C18H39N. The van der Waals surface area contributed by atoms with Crippen molar-refractivity contribution < 1.29 is 0 Å². The van der Waals surface area contributed by atoms with Gasteiger partial charge in [0.05, 0.1) is 0 Å². The molecule has 1 nitrogen and oxygen atoms in total. The maximum absolute atomic E-state index is 2.76. The highest BCUT2D eigenvalue weighted by Crippen LogP contribution is 2.17. The minimum atomic E-state index is 0.855. The third-order valence-corrected chi connectivity index (χ3v) is 4.23. The molecule has 0 aromatic heterocycles. The molecule has 0 fully saturated rings. The van der Waals surface area contributed by atoms with Crippen molar-refractivity contribution in [2.75, 3.05) is 13.1 Å². The molecule has 0 aliphatic carbocycles. The van der Waals surface area contributed by atoms with Crippen molar-refractivity contribution in [2.24, 2.45) is 0 Å². The average Bonchev–Trinajstić information content (AvgIpc) is 2.43. The third-order valence-electron chi connectivity index (χ3n) is 4.23. The topological polar surface area (TPSA) is 3.24 Å². The lowest BCUT2D eigenvalue weighted by Gasteiger charge is -2.31. The van der Waals surface area contributed by atoms with Crippen LogP contribution in [0.25, 0.3) is 0 Å². The lowest BCUT2D eigenvalue weighted by Crippen LogP contribution is -2.36. The van der Waals surface area contributed by atoms with E-state index in [1.54, 1.807) is 0 Å². The van der Waals surface area contributed by atoms with E-state index in [-0.39, 0.29) is 0 Å². The Morgan fingerprint density at radius 3 is 1.79 bits per heavy atom. The Balaban J connectivity index is 3.97. The maximum Gasteiger partial charge on any atom is 0.00950 e. The Labute approximate surface area is 123 Å². The van der Waals surface area contributed by atoms with Crippen molar-refractivity contribution in [1.82, 2.24) is 4.90 Å². The Morgan fingerprint density at radius 2 is 1.26 bits per heavy atom. The number of hydrogen-bond acceptors (Lipinski definition) is 1. The molecule has 0 aliphatic rings. The third kappa shape index (κ3) is 10.4. The molecule has 0 aromatic rings. The molecule has 0 rings (SSSR count). The van der Waals surface area contributed by atoms with Crippen LogP contribution in [0.15, 0.2) is 0 Å². The molecule has 0 aromatic carbocycles. The van der Waals surface area contributed by atoms with Crippen molar-refractivity contribution in [1.29, 1.82) is 0 Å². The molecule has 0 saturated carbocycles. The summed E-state index contributed by atoms with van der Waals surface area (Å²) in [5.74, 6) is 0. The SMILES string of the molecule is CCCCCCC(CCC)N(CC)CCCCCC. The van der Waals surface area contributed by atoms with Gasteiger partial charge in [-0.05, 0) is 32.4 Å². The fourth-order valence-corrected chi connectivity index (χ4v) is 2.99. The van der Waals surface area contributed by atoms with Crippen LogP contribution in [0.1, 0.15) is 98.3 Å². The van der Waals surface area contributed by atoms with Crippen molar-refractivity contribution >= 4 is 0 Å². The van der Waals surface area contributed by atoms with Crippen LogP contribution in [-0.4, -0.2) is 24.0 Å². The van der Waals surface area contributed by atoms with Crippen LogP contribution in [0.3, 0.4) is 0 Å². The summed E-state index contributed by atoms with van der Waals surface area (Å²) in [6, 6.07) is 0.855. The predicted molar refractivity (Wildman–Crippen MR) is 88.8 cm³/mol. The van der Waals surface area contributed by atoms with Gasteiger partial charge < -0.3 is 4.90 Å². The van der Waals surface area contributed by atoms with E-state index in [0.717, 1.165) is 6.04 Å². The molecule has 0 saturated heterocycles. The highest BCUT2D eigenvalue weighted by Gasteiger charge is 2.15. The van der Waals surface area contributed by atoms with Crippen molar-refractivity contribution in [3.63, 3.8) is 0 Å². The minimum Gasteiger partial charge on any atom is -0.301 e. The molecule has 0 bridgehead atoms. The second-order valence-corrected chi connectivity index (χ2v) is 5.98. The van der Waals surface area contributed by atoms with Crippen LogP contribution in [0, 0.1) is 0 Å². The smallest absolute Gasteiger partial charge is 0.00950 e. The average molecular weight is 270 g/mol. The van der Waals surface area contributed by atoms with E-state index in [0.29, 0.717) is 0 Å². The van der Waals surface area contributed by atoms with Gasteiger partial charge in [0, 0.05) is 6.04 Å². The van der Waals surface area contributed by atoms with Crippen molar-refractivity contribution in [3.05, 3.63) is 0 Å². The maximum atomic E-state index is 2.76. The molecule has 19 heavy (non-hydrogen) atoms. The van der Waals surface area contributed by atoms with E-state index >= 15 is 0 Å². The van der Waals surface area contributed by atoms with E-state index in [9.17, 15) is 0 Å². The summed E-state index contributed by atoms with van der Waals surface area (Å²) in [7, 11) is 0. The Hall–Kier alpha value is -0.0400. The number of rotatable bonds is 14. The van der Waals surface area contributed by atoms with Gasteiger partial charge in [-0.2, -0.15) is 0 Å². The Morgan fingerprint density at radius 1 is 0.632 bits per heavy atom. The van der Waals surface area contributed by atoms with Crippen LogP contribution in [0.5, 0.6) is 0 Å². The molecular weight excluding hydrogens is 230 g/mol. The van der Waals surface area contributed by atoms with Gasteiger partial charge >= 0.3 is 0 Å². The highest BCUT2D eigenvalue weighted by atomic mass is 15.1. The first-order valence-corrected chi connectivity index (χ1v) is 9.04. The van der Waals surface area contributed by atoms with Gasteiger partial charge in [0.15, 0.2) is 0 Å². The minimum absolute atomic E-state index is 0.855. The molecule has 0 N–H and O–H groups in total. The summed E-state index contributed by atoms with van der Waals surface area (Å²) in [5.41, 5.74) is 0. The quantitative estimate of drug-likeness (QED) is 0.348. The predicted octanol–water partition coefficient (Wildman–Crippen LogP) is 6.03. The first-order chi connectivity index (χ1) is 9.29. The van der Waals surface area contributed by atoms with Gasteiger partial charge in [-0.3, -0.25) is 0 Å². The van der Waals surface area contributed by atoms with Crippen LogP contribution in [0.2, 0.25) is 0 Å². The van der Waals surface area contributed by atoms with Gasteiger partial charge in [-0.1, -0.05) is 79.1 Å². The second kappa shape index (κ2) is 14.4. The number of hydrogen-bond donors (Lipinski definition) is 0. The van der Waals surface area contributed by atoms with Crippen LogP contribution < -0.4 is 0 Å². The largest absolute Gasteiger partial charge is 0.301 e. The zero-order valence-electron chi connectivity index (χ0n) is 14.2. The van der Waals surface area contributed by atoms with E-state index in [4.69, 9.17) is 0 Å². The van der Waals surface area contributed by atoms with Gasteiger partial charge in [0.2, 0.25) is 0 Å². The molecule has 0 heterocycles. The summed E-state index contributed by atoms with van der Waals surface area (Å²) >= 11 is 0. The van der Waals surface area contributed by atoms with Gasteiger partial charge in [0.25, 0.3) is 0 Å². The Bertz CT molecular complexity index is 167.